The Morgan fingerprint density at radius 1 is 0.366 bits per heavy atom. The van der Waals surface area contributed by atoms with Crippen molar-refractivity contribution in [2.75, 3.05) is 100 Å². The lowest BCUT2D eigenvalue weighted by Gasteiger charge is -2.50. The van der Waals surface area contributed by atoms with Gasteiger partial charge < -0.3 is 44.1 Å². The highest BCUT2D eigenvalue weighted by Gasteiger charge is 2.70. The number of hydrogen-bond acceptors (Lipinski definition) is 25. The Morgan fingerprint density at radius 3 is 1.01 bits per heavy atom. The Kier molecular flexibility index (Phi) is 25.2. The van der Waals surface area contributed by atoms with Gasteiger partial charge in [-0.3, -0.25) is 82.5 Å². The van der Waals surface area contributed by atoms with E-state index in [1.165, 1.54) is 40.7 Å². The molecule has 31 heteroatoms. The van der Waals surface area contributed by atoms with Gasteiger partial charge in [0, 0.05) is 62.2 Å². The van der Waals surface area contributed by atoms with Crippen LogP contribution in [0.1, 0.15) is 131 Å². The number of aryl methyl sites for hydroxylation is 1. The predicted octanol–water partition coefficient (Wildman–Crippen LogP) is 13.5. The molecule has 142 heavy (non-hydrogen) atoms. The summed E-state index contributed by atoms with van der Waals surface area (Å²) in [4.78, 5) is 142. The molecule has 12 fully saturated rings. The maximum absolute atomic E-state index is 14.6. The van der Waals surface area contributed by atoms with E-state index in [0.29, 0.717) is 110 Å². The molecule has 8 saturated heterocycles. The van der Waals surface area contributed by atoms with E-state index in [9.17, 15) is 63.2 Å². The number of halogens is 2. The molecule has 15 heterocycles. The maximum Gasteiger partial charge on any atom is 0.311 e. The van der Waals surface area contributed by atoms with Crippen molar-refractivity contribution in [2.45, 2.75) is 180 Å². The minimum Gasteiger partial charge on any atom is -0.469 e. The smallest absolute Gasteiger partial charge is 0.311 e. The first-order valence-electron chi connectivity index (χ1n) is 50.5. The lowest BCUT2D eigenvalue weighted by Crippen LogP contribution is -2.58. The number of aliphatic hydroxyl groups is 4. The molecule has 4 N–H and O–H groups in total. The van der Waals surface area contributed by atoms with Crippen molar-refractivity contribution in [1.29, 1.82) is 0 Å². The summed E-state index contributed by atoms with van der Waals surface area (Å²) in [7, 11) is 5.55. The molecule has 0 radical (unpaired) electrons. The fraction of sp³-hybridized carbons (Fsp3) is 0.477. The van der Waals surface area contributed by atoms with Crippen LogP contribution in [0, 0.1) is 83.9 Å². The van der Waals surface area contributed by atoms with Gasteiger partial charge >= 0.3 is 23.9 Å². The van der Waals surface area contributed by atoms with Crippen LogP contribution < -0.4 is 24.3 Å². The minimum atomic E-state index is -0.751. The van der Waals surface area contributed by atoms with Crippen LogP contribution in [0.4, 0.5) is 50.0 Å². The number of aromatic nitrogens is 4. The van der Waals surface area contributed by atoms with Gasteiger partial charge in [-0.2, -0.15) is 4.39 Å². The summed E-state index contributed by atoms with van der Waals surface area (Å²) < 4.78 is 39.9. The third kappa shape index (κ3) is 15.3. The standard InChI is InChI=1S/C33H34N2O5.C26H28ClN3O4.C26H28FN3O4.C26H30N4O4/c1-39-31(37)30-25-19-29-33(17-18-34(29)20-21(25)11-16-28(30)36)26-9-5-6-10-27(26)35(32(33)38)22-12-14-24(15-13-22)40-23-7-3-2-4-8-23;2*1-34-24(32)23-17-12-21-26(10-11-29(21)14-15(17)6-8-20(23)31)18-4-2-3-5-19(18)30(25(26)33)16-7-9-22(27)28-13-16;1-15-12-27-13-22(28-15)30-19-6-4-3-5-18(19)26(25(30)33)9-10-29-14-16-7-8-20(31)23(24(32)34-2)17(16)11-21(26)29/h2-10,12-15,21,25,28-30,36H,11,16-20H2,1H3;2*2-5,7,9,13,15,17,20-21,23,31H,6,8,10-12,14H2,1H3;3-6,12-13,16-17,20-21,23,31H,7-11,14H2,1-2H3/t21-,25-,28-,29-,30+,33-;2*15-,17-,20-,21-,23+,26-;16-,17-,20-,21-,23+,26-/m0000/s1. The van der Waals surface area contributed by atoms with Crippen molar-refractivity contribution in [2.24, 2.45) is 71.0 Å². The maximum atomic E-state index is 14.6. The van der Waals surface area contributed by atoms with Crippen LogP contribution in [-0.2, 0) is 79.0 Å². The van der Waals surface area contributed by atoms with E-state index in [-0.39, 0.29) is 95.3 Å². The van der Waals surface area contributed by atoms with Gasteiger partial charge in [0.25, 0.3) is 0 Å². The zero-order chi connectivity index (χ0) is 98.3. The van der Waals surface area contributed by atoms with E-state index in [1.807, 2.05) is 151 Å². The number of carbonyl (C=O) groups is 8. The van der Waals surface area contributed by atoms with Gasteiger partial charge in [0.05, 0.1) is 157 Å². The number of methoxy groups -OCH3 is 4. The Balaban J connectivity index is 0.000000109. The number of rotatable bonds is 10. The van der Waals surface area contributed by atoms with E-state index < -0.39 is 75.7 Å². The van der Waals surface area contributed by atoms with Gasteiger partial charge in [-0.05, 0) is 290 Å². The van der Waals surface area contributed by atoms with Crippen molar-refractivity contribution < 1.29 is 86.9 Å². The number of fused-ring (bicyclic) bond motifs is 20. The summed E-state index contributed by atoms with van der Waals surface area (Å²) in [5, 5.41) is 43.4. The molecule has 29 nitrogen and oxygen atoms in total. The molecule has 24 atom stereocenters. The van der Waals surface area contributed by atoms with Gasteiger partial charge in [-0.1, -0.05) is 103 Å². The molecule has 4 saturated carbocycles. The first-order valence-corrected chi connectivity index (χ1v) is 50.9. The summed E-state index contributed by atoms with van der Waals surface area (Å²) in [6.45, 7) is 8.54. The molecular formula is C111H120ClFN12O17. The van der Waals surface area contributed by atoms with Crippen molar-refractivity contribution in [3.63, 3.8) is 0 Å². The molecule has 6 aromatic carbocycles. The van der Waals surface area contributed by atoms with Gasteiger partial charge in [0.1, 0.15) is 16.7 Å². The van der Waals surface area contributed by atoms with E-state index in [0.717, 1.165) is 159 Å². The molecule has 4 aliphatic carbocycles. The summed E-state index contributed by atoms with van der Waals surface area (Å²) in [5.74, 6) is -0.755. The van der Waals surface area contributed by atoms with E-state index >= 15 is 0 Å². The number of esters is 4. The van der Waals surface area contributed by atoms with Crippen LogP contribution in [0.5, 0.6) is 11.5 Å². The number of carbonyl (C=O) groups excluding carboxylic acids is 8. The molecule has 12 aliphatic heterocycles. The molecule has 740 valence electrons. The molecule has 16 aliphatic rings. The van der Waals surface area contributed by atoms with Crippen LogP contribution in [0.25, 0.3) is 0 Å². The summed E-state index contributed by atoms with van der Waals surface area (Å²) in [6, 6.07) is 55.5. The molecule has 9 aromatic rings. The van der Waals surface area contributed by atoms with Crippen LogP contribution in [0.2, 0.25) is 5.15 Å². The van der Waals surface area contributed by atoms with Crippen LogP contribution in [-0.4, -0.2) is 237 Å². The molecule has 3 aromatic heterocycles. The van der Waals surface area contributed by atoms with Gasteiger partial charge in [0.2, 0.25) is 29.6 Å². The zero-order valence-corrected chi connectivity index (χ0v) is 81.0. The summed E-state index contributed by atoms with van der Waals surface area (Å²) >= 11 is 6.02. The first-order chi connectivity index (χ1) is 68.9. The second-order valence-corrected chi connectivity index (χ2v) is 42.5. The number of pyridine rings is 2. The number of hydrogen-bond donors (Lipinski definition) is 4. The number of anilines is 8. The Labute approximate surface area is 829 Å². The quantitative estimate of drug-likeness (QED) is 0.0561. The summed E-state index contributed by atoms with van der Waals surface area (Å²) in [6.07, 6.45) is 15.2. The highest BCUT2D eigenvalue weighted by Crippen LogP contribution is 2.64. The van der Waals surface area contributed by atoms with Gasteiger partial charge in [-0.25, -0.2) is 15.0 Å². The first kappa shape index (κ1) is 95.0. The fourth-order valence-electron chi connectivity index (χ4n) is 29.9. The number of aliphatic hydroxyl groups excluding tert-OH is 4. The number of amides is 4. The second-order valence-electron chi connectivity index (χ2n) is 42.1. The monoisotopic (exact) mass is 1950 g/mol. The topological polar surface area (TPSA) is 341 Å². The largest absolute Gasteiger partial charge is 0.469 e. The number of piperidine rings is 4. The fourth-order valence-corrected chi connectivity index (χ4v) is 30.0. The van der Waals surface area contributed by atoms with Crippen molar-refractivity contribution >= 4 is 105 Å². The lowest BCUT2D eigenvalue weighted by molar-refractivity contribution is -0.161. The molecule has 4 amide bonds. The average molecular weight is 1950 g/mol. The second kappa shape index (κ2) is 37.7. The molecule has 0 unspecified atom stereocenters. The highest BCUT2D eigenvalue weighted by molar-refractivity contribution is 6.29. The van der Waals surface area contributed by atoms with Gasteiger partial charge in [0.15, 0.2) is 5.82 Å². The molecule has 0 bridgehead atoms. The number of benzene rings is 6. The molecular weight excluding hydrogens is 1830 g/mol. The zero-order valence-electron chi connectivity index (χ0n) is 80.3. The molecule has 25 rings (SSSR count). The normalized spacial score (nSPS) is 33.6. The van der Waals surface area contributed by atoms with Crippen LogP contribution >= 0.6 is 11.6 Å². The Morgan fingerprint density at radius 2 is 0.676 bits per heavy atom. The average Bonchev–Trinajstić information content (AvgIpc) is 1.55. The minimum absolute atomic E-state index is 0.000184. The van der Waals surface area contributed by atoms with Crippen molar-refractivity contribution in [3.05, 3.63) is 240 Å². The number of nitrogens with zero attached hydrogens (tertiary/aromatic N) is 12. The molecule has 4 spiro atoms. The SMILES string of the molecule is COC(=O)[C@@H]1[C@H]2C[C@@H]3N(CC[C@@]34C(=O)N(c3ccc(Cl)nc3)c3ccccc34)C[C@@H]2CC[C@@H]1O.COC(=O)[C@@H]1[C@H]2C[C@@H]3N(CC[C@@]34C(=O)N(c3ccc(F)nc3)c3ccccc34)C[C@@H]2CC[C@@H]1O.COC(=O)[C@@H]1[C@H]2C[C@@H]3N(CC[C@@]34C(=O)N(c3ccc(Oc5ccccc5)cc3)c3ccccc34)C[C@@H]2CC[C@@H]1O.COC(=O)[C@@H]1[C@H]2C[C@@H]3N(CC[C@@]34C(=O)N(c3cncc(C)n3)c3ccccc34)C[C@@H]2CC[C@@H]1O. The third-order valence-corrected chi connectivity index (χ3v) is 36.3. The Hall–Kier alpha value is -11.8. The van der Waals surface area contributed by atoms with Crippen molar-refractivity contribution in [3.8, 4) is 11.5 Å². The van der Waals surface area contributed by atoms with E-state index in [2.05, 4.69) is 57.7 Å². The van der Waals surface area contributed by atoms with E-state index in [4.69, 9.17) is 35.3 Å². The predicted molar refractivity (Wildman–Crippen MR) is 524 cm³/mol. The van der Waals surface area contributed by atoms with E-state index in [1.54, 1.807) is 45.4 Å². The summed E-state index contributed by atoms with van der Waals surface area (Å²) in [5.41, 5.74) is 7.54. The van der Waals surface area contributed by atoms with Gasteiger partial charge in [-0.15, -0.1) is 0 Å². The highest BCUT2D eigenvalue weighted by atomic mass is 35.5. The third-order valence-electron chi connectivity index (χ3n) is 36.0. The van der Waals surface area contributed by atoms with Crippen molar-refractivity contribution in [1.82, 2.24) is 39.5 Å². The lowest BCUT2D eigenvalue weighted by atomic mass is 9.62. The van der Waals surface area contributed by atoms with Crippen LogP contribution in [0.15, 0.2) is 201 Å². The number of ether oxygens (including phenoxy) is 5. The number of para-hydroxylation sites is 5. The van der Waals surface area contributed by atoms with Crippen LogP contribution in [0.3, 0.4) is 0 Å². The Bertz CT molecular complexity index is 6200.